The van der Waals surface area contributed by atoms with Gasteiger partial charge in [0.1, 0.15) is 0 Å². The molecule has 0 bridgehead atoms. The Morgan fingerprint density at radius 1 is 0.838 bits per heavy atom. The molecule has 0 heterocycles. The number of aliphatic carboxylic acids is 1. The van der Waals surface area contributed by atoms with Crippen LogP contribution in [0.15, 0.2) is 0 Å². The van der Waals surface area contributed by atoms with Crippen molar-refractivity contribution in [2.75, 3.05) is 46.2 Å². The Balaban J connectivity index is 2.08. The number of rotatable bonds is 15. The van der Waals surface area contributed by atoms with Crippen molar-refractivity contribution in [2.45, 2.75) is 70.8 Å². The summed E-state index contributed by atoms with van der Waals surface area (Å²) in [6.07, 6.45) is -1.52. The number of hydrogen-bond donors (Lipinski definition) is 6. The summed E-state index contributed by atoms with van der Waals surface area (Å²) in [6.45, 7) is 6.74. The third-order valence-corrected chi connectivity index (χ3v) is 7.89. The molecular weight excluding hydrogens is 486 g/mol. The standard InChI is InChI=1S/C26H47NO10/c1-4-7-36-12-17-9-16(11-28)23(30)21(22(17)27-15(3)29)14-37-13-18-10-20(26(33)34)19(6-8-35-5-2)25(32)24(18)31/h16-25,28,30-32H,4-14H2,1-3H3,(H,27,29)(H,33,34)/t16?,17-,18-,19-,20?,21?,22?,23-,24?,25?/m0/s1. The molecule has 0 saturated heterocycles. The predicted octanol–water partition coefficient (Wildman–Crippen LogP) is 0.0251. The van der Waals surface area contributed by atoms with Crippen LogP contribution in [0.25, 0.3) is 0 Å². The minimum atomic E-state index is -1.23. The van der Waals surface area contributed by atoms with Gasteiger partial charge >= 0.3 is 5.97 Å². The van der Waals surface area contributed by atoms with Gasteiger partial charge in [0.15, 0.2) is 0 Å². The molecule has 0 spiro atoms. The van der Waals surface area contributed by atoms with Crippen molar-refractivity contribution < 1.29 is 49.3 Å². The van der Waals surface area contributed by atoms with Gasteiger partial charge in [-0.15, -0.1) is 0 Å². The molecule has 0 radical (unpaired) electrons. The highest BCUT2D eigenvalue weighted by atomic mass is 16.5. The molecule has 10 atom stereocenters. The van der Waals surface area contributed by atoms with Crippen LogP contribution >= 0.6 is 0 Å². The number of carbonyl (C=O) groups excluding carboxylic acids is 1. The average molecular weight is 534 g/mol. The highest BCUT2D eigenvalue weighted by Crippen LogP contribution is 2.38. The maximum Gasteiger partial charge on any atom is 0.306 e. The Morgan fingerprint density at radius 2 is 1.54 bits per heavy atom. The lowest BCUT2D eigenvalue weighted by Gasteiger charge is -2.45. The first-order valence-electron chi connectivity index (χ1n) is 13.5. The van der Waals surface area contributed by atoms with Crippen LogP contribution in [0.3, 0.4) is 0 Å². The number of hydrogen-bond acceptors (Lipinski definition) is 9. The normalized spacial score (nSPS) is 36.3. The fourth-order valence-corrected chi connectivity index (χ4v) is 5.93. The Morgan fingerprint density at radius 3 is 2.14 bits per heavy atom. The van der Waals surface area contributed by atoms with E-state index in [-0.39, 0.29) is 38.1 Å². The molecule has 2 rings (SSSR count). The summed E-state index contributed by atoms with van der Waals surface area (Å²) < 4.78 is 17.0. The number of amides is 1. The molecule has 0 aliphatic heterocycles. The van der Waals surface area contributed by atoms with Crippen molar-refractivity contribution in [3.63, 3.8) is 0 Å². The molecule has 1 amide bonds. The van der Waals surface area contributed by atoms with E-state index in [1.165, 1.54) is 6.92 Å². The fraction of sp³-hybridized carbons (Fsp3) is 0.923. The lowest BCUT2D eigenvalue weighted by molar-refractivity contribution is -0.163. The van der Waals surface area contributed by atoms with Gasteiger partial charge in [-0.05, 0) is 32.6 Å². The zero-order valence-electron chi connectivity index (χ0n) is 22.3. The van der Waals surface area contributed by atoms with Gasteiger partial charge in [-0.3, -0.25) is 9.59 Å². The Labute approximate surface area is 219 Å². The summed E-state index contributed by atoms with van der Waals surface area (Å²) in [6, 6.07) is -0.441. The van der Waals surface area contributed by atoms with E-state index in [0.717, 1.165) is 6.42 Å². The van der Waals surface area contributed by atoms with Crippen molar-refractivity contribution in [3.05, 3.63) is 0 Å². The minimum absolute atomic E-state index is 0.0169. The molecular formula is C26H47NO10. The van der Waals surface area contributed by atoms with Gasteiger partial charge in [-0.25, -0.2) is 0 Å². The largest absolute Gasteiger partial charge is 0.481 e. The van der Waals surface area contributed by atoms with E-state index in [0.29, 0.717) is 39.3 Å². The number of ether oxygens (including phenoxy) is 3. The summed E-state index contributed by atoms with van der Waals surface area (Å²) in [4.78, 5) is 23.9. The van der Waals surface area contributed by atoms with Gasteiger partial charge in [0, 0.05) is 69.0 Å². The van der Waals surface area contributed by atoms with Crippen LogP contribution < -0.4 is 5.32 Å². The van der Waals surface area contributed by atoms with Gasteiger partial charge in [0.2, 0.25) is 5.91 Å². The molecule has 6 unspecified atom stereocenters. The highest BCUT2D eigenvalue weighted by Gasteiger charge is 2.47. The molecule has 6 N–H and O–H groups in total. The molecule has 2 aliphatic rings. The van der Waals surface area contributed by atoms with Crippen molar-refractivity contribution >= 4 is 11.9 Å². The maximum absolute atomic E-state index is 12.0. The number of aliphatic hydroxyl groups excluding tert-OH is 4. The van der Waals surface area contributed by atoms with Crippen LogP contribution in [0.2, 0.25) is 0 Å². The lowest BCUT2D eigenvalue weighted by Crippen LogP contribution is -2.58. The Hall–Kier alpha value is -1.34. The predicted molar refractivity (Wildman–Crippen MR) is 134 cm³/mol. The molecule has 0 aromatic rings. The molecule has 2 aliphatic carbocycles. The van der Waals surface area contributed by atoms with E-state index in [1.807, 2.05) is 13.8 Å². The summed E-state index contributed by atoms with van der Waals surface area (Å²) in [5, 5.41) is 55.0. The zero-order chi connectivity index (χ0) is 27.5. The second kappa shape index (κ2) is 15.9. The molecule has 2 saturated carbocycles. The molecule has 37 heavy (non-hydrogen) atoms. The fourth-order valence-electron chi connectivity index (χ4n) is 5.93. The summed E-state index contributed by atoms with van der Waals surface area (Å²) in [5.41, 5.74) is 0. The quantitative estimate of drug-likeness (QED) is 0.158. The number of nitrogens with one attached hydrogen (secondary N) is 1. The third-order valence-electron chi connectivity index (χ3n) is 7.89. The Bertz CT molecular complexity index is 694. The van der Waals surface area contributed by atoms with Gasteiger partial charge < -0.3 is 45.1 Å². The van der Waals surface area contributed by atoms with Crippen molar-refractivity contribution in [1.29, 1.82) is 0 Å². The molecule has 0 aromatic carbocycles. The van der Waals surface area contributed by atoms with Gasteiger partial charge in [0.05, 0.1) is 44.1 Å². The number of carboxylic acids is 1. The zero-order valence-corrected chi connectivity index (χ0v) is 22.3. The van der Waals surface area contributed by atoms with E-state index < -0.39 is 59.9 Å². The average Bonchev–Trinajstić information content (AvgIpc) is 2.85. The van der Waals surface area contributed by atoms with Crippen LogP contribution in [0.1, 0.15) is 46.5 Å². The van der Waals surface area contributed by atoms with Crippen molar-refractivity contribution in [2.24, 2.45) is 35.5 Å². The van der Waals surface area contributed by atoms with Crippen LogP contribution in [-0.4, -0.2) is 108 Å². The van der Waals surface area contributed by atoms with Gasteiger partial charge in [-0.2, -0.15) is 0 Å². The lowest BCUT2D eigenvalue weighted by atomic mass is 9.69. The molecule has 0 aromatic heterocycles. The highest BCUT2D eigenvalue weighted by molar-refractivity contribution is 5.73. The summed E-state index contributed by atoms with van der Waals surface area (Å²) in [7, 11) is 0. The Kier molecular flexibility index (Phi) is 13.7. The molecule has 11 nitrogen and oxygen atoms in total. The maximum atomic E-state index is 12.0. The van der Waals surface area contributed by atoms with Crippen LogP contribution in [0.4, 0.5) is 0 Å². The topological polar surface area (TPSA) is 175 Å². The second-order valence-corrected chi connectivity index (χ2v) is 10.5. The SMILES string of the molecule is CCCOC[C@@H]1CC(CO)[C@H](O)C(COC[C@@H]2CC(C(=O)O)[C@H](CCOCC)C(O)C2O)C1NC(C)=O. The minimum Gasteiger partial charge on any atom is -0.481 e. The van der Waals surface area contributed by atoms with Crippen LogP contribution in [0.5, 0.6) is 0 Å². The smallest absolute Gasteiger partial charge is 0.306 e. The van der Waals surface area contributed by atoms with Gasteiger partial charge in [0.25, 0.3) is 0 Å². The van der Waals surface area contributed by atoms with E-state index in [9.17, 15) is 35.1 Å². The second-order valence-electron chi connectivity index (χ2n) is 10.5. The molecule has 216 valence electrons. The first-order chi connectivity index (χ1) is 17.7. The van der Waals surface area contributed by atoms with Crippen molar-refractivity contribution in [3.8, 4) is 0 Å². The van der Waals surface area contributed by atoms with E-state index in [2.05, 4.69) is 5.32 Å². The van der Waals surface area contributed by atoms with E-state index >= 15 is 0 Å². The summed E-state index contributed by atoms with van der Waals surface area (Å²) >= 11 is 0. The first-order valence-corrected chi connectivity index (χ1v) is 13.5. The number of aliphatic hydroxyl groups is 4. The van der Waals surface area contributed by atoms with Crippen molar-refractivity contribution in [1.82, 2.24) is 5.32 Å². The number of carbonyl (C=O) groups is 2. The van der Waals surface area contributed by atoms with Crippen LogP contribution in [-0.2, 0) is 23.8 Å². The van der Waals surface area contributed by atoms with Crippen LogP contribution in [0, 0.1) is 35.5 Å². The van der Waals surface area contributed by atoms with Gasteiger partial charge in [-0.1, -0.05) is 6.92 Å². The monoisotopic (exact) mass is 533 g/mol. The van der Waals surface area contributed by atoms with E-state index in [4.69, 9.17) is 14.2 Å². The first kappa shape index (κ1) is 31.9. The molecule has 2 fully saturated rings. The third kappa shape index (κ3) is 8.84. The molecule has 11 heteroatoms. The number of carboxylic acid groups (broad SMARTS) is 1. The summed E-state index contributed by atoms with van der Waals surface area (Å²) in [5.74, 6) is -4.45. The van der Waals surface area contributed by atoms with E-state index in [1.54, 1.807) is 0 Å².